The Morgan fingerprint density at radius 1 is 1.41 bits per heavy atom. The smallest absolute Gasteiger partial charge is 0.122 e. The van der Waals surface area contributed by atoms with E-state index in [1.54, 1.807) is 0 Å². The van der Waals surface area contributed by atoms with Gasteiger partial charge in [-0.1, -0.05) is 13.8 Å². The number of hydrogen-bond donors (Lipinski definition) is 1. The van der Waals surface area contributed by atoms with E-state index in [1.165, 1.54) is 6.42 Å². The molecule has 1 N–H and O–H groups in total. The lowest BCUT2D eigenvalue weighted by atomic mass is 10.0. The highest BCUT2D eigenvalue weighted by atomic mass is 15.1. The average molecular weight is 238 g/mol. The summed E-state index contributed by atoms with van der Waals surface area (Å²) in [4.78, 5) is 6.60. The Bertz CT molecular complexity index is 317. The number of aryl methyl sites for hydroxylation is 1. The monoisotopic (exact) mass is 238 g/mol. The van der Waals surface area contributed by atoms with Crippen LogP contribution in [0.5, 0.6) is 0 Å². The van der Waals surface area contributed by atoms with E-state index in [2.05, 4.69) is 47.7 Å². The standard InChI is InChI=1S/C13H26N4/c1-11(2)8-12(16(3)4)9-14-10-13-15-6-7-17(13)5/h6-7,11-12,14H,8-10H2,1-5H3. The molecule has 0 aliphatic carbocycles. The highest BCUT2D eigenvalue weighted by molar-refractivity contribution is 4.90. The first-order chi connectivity index (χ1) is 8.00. The molecular formula is C13H26N4. The molecule has 0 fully saturated rings. The van der Waals surface area contributed by atoms with Crippen LogP contribution in [-0.4, -0.2) is 41.1 Å². The predicted molar refractivity (Wildman–Crippen MR) is 71.8 cm³/mol. The van der Waals surface area contributed by atoms with Gasteiger partial charge in [0.1, 0.15) is 5.82 Å². The van der Waals surface area contributed by atoms with Crippen molar-refractivity contribution in [1.29, 1.82) is 0 Å². The normalized spacial score (nSPS) is 13.6. The summed E-state index contributed by atoms with van der Waals surface area (Å²) >= 11 is 0. The topological polar surface area (TPSA) is 33.1 Å². The van der Waals surface area contributed by atoms with Crippen molar-refractivity contribution < 1.29 is 0 Å². The van der Waals surface area contributed by atoms with Gasteiger partial charge in [0.2, 0.25) is 0 Å². The molecule has 0 spiro atoms. The summed E-state index contributed by atoms with van der Waals surface area (Å²) in [5.41, 5.74) is 0. The highest BCUT2D eigenvalue weighted by Crippen LogP contribution is 2.08. The van der Waals surface area contributed by atoms with E-state index >= 15 is 0 Å². The molecule has 1 aromatic rings. The van der Waals surface area contributed by atoms with Crippen LogP contribution >= 0.6 is 0 Å². The van der Waals surface area contributed by atoms with Gasteiger partial charge in [0.25, 0.3) is 0 Å². The fraction of sp³-hybridized carbons (Fsp3) is 0.769. The van der Waals surface area contributed by atoms with Gasteiger partial charge < -0.3 is 14.8 Å². The van der Waals surface area contributed by atoms with E-state index in [9.17, 15) is 0 Å². The predicted octanol–water partition coefficient (Wildman–Crippen LogP) is 1.49. The van der Waals surface area contributed by atoms with Gasteiger partial charge in [-0.3, -0.25) is 0 Å². The molecule has 1 unspecified atom stereocenters. The largest absolute Gasteiger partial charge is 0.337 e. The zero-order valence-corrected chi connectivity index (χ0v) is 11.8. The van der Waals surface area contributed by atoms with Crippen LogP contribution in [0.3, 0.4) is 0 Å². The van der Waals surface area contributed by atoms with Gasteiger partial charge in [-0.15, -0.1) is 0 Å². The molecule has 0 amide bonds. The molecule has 0 saturated carbocycles. The summed E-state index contributed by atoms with van der Waals surface area (Å²) in [6.45, 7) is 6.40. The van der Waals surface area contributed by atoms with Crippen LogP contribution in [0.1, 0.15) is 26.1 Å². The lowest BCUT2D eigenvalue weighted by molar-refractivity contribution is 0.246. The average Bonchev–Trinajstić information content (AvgIpc) is 2.62. The molecule has 98 valence electrons. The van der Waals surface area contributed by atoms with Crippen molar-refractivity contribution in [3.05, 3.63) is 18.2 Å². The van der Waals surface area contributed by atoms with Crippen LogP contribution in [-0.2, 0) is 13.6 Å². The molecule has 17 heavy (non-hydrogen) atoms. The third-order valence-corrected chi connectivity index (χ3v) is 3.06. The van der Waals surface area contributed by atoms with E-state index in [0.717, 1.165) is 24.8 Å². The number of rotatable bonds is 7. The quantitative estimate of drug-likeness (QED) is 0.781. The summed E-state index contributed by atoms with van der Waals surface area (Å²) in [5.74, 6) is 1.82. The molecule has 1 heterocycles. The lowest BCUT2D eigenvalue weighted by Crippen LogP contribution is -2.38. The fourth-order valence-electron chi connectivity index (χ4n) is 1.94. The Balaban J connectivity index is 2.34. The van der Waals surface area contributed by atoms with Gasteiger partial charge >= 0.3 is 0 Å². The summed E-state index contributed by atoms with van der Waals surface area (Å²) in [6.07, 6.45) is 5.05. The van der Waals surface area contributed by atoms with Crippen LogP contribution in [0.25, 0.3) is 0 Å². The molecule has 1 atom stereocenters. The SMILES string of the molecule is CC(C)CC(CNCc1nccn1C)N(C)C. The second-order valence-electron chi connectivity index (χ2n) is 5.33. The zero-order chi connectivity index (χ0) is 12.8. The number of nitrogens with zero attached hydrogens (tertiary/aromatic N) is 3. The summed E-state index contributed by atoms with van der Waals surface area (Å²) in [5, 5.41) is 3.49. The van der Waals surface area contributed by atoms with Gasteiger partial charge in [-0.05, 0) is 26.4 Å². The number of nitrogens with one attached hydrogen (secondary N) is 1. The Hall–Kier alpha value is -0.870. The molecule has 1 aromatic heterocycles. The molecule has 1 rings (SSSR count). The Labute approximate surface area is 105 Å². The van der Waals surface area contributed by atoms with Crippen molar-refractivity contribution in [1.82, 2.24) is 19.8 Å². The first kappa shape index (κ1) is 14.2. The molecule has 0 aliphatic rings. The molecule has 4 heteroatoms. The number of likely N-dealkylation sites (N-methyl/N-ethyl adjacent to an activating group) is 1. The summed E-state index contributed by atoms with van der Waals surface area (Å²) in [6, 6.07) is 0.593. The van der Waals surface area contributed by atoms with Crippen molar-refractivity contribution in [2.24, 2.45) is 13.0 Å². The van der Waals surface area contributed by atoms with Crippen molar-refractivity contribution in [2.45, 2.75) is 32.9 Å². The Morgan fingerprint density at radius 2 is 2.12 bits per heavy atom. The van der Waals surface area contributed by atoms with Crippen LogP contribution in [0.4, 0.5) is 0 Å². The van der Waals surface area contributed by atoms with E-state index in [1.807, 2.05) is 19.4 Å². The molecule has 0 aromatic carbocycles. The molecule has 4 nitrogen and oxygen atoms in total. The minimum Gasteiger partial charge on any atom is -0.337 e. The second kappa shape index (κ2) is 6.77. The van der Waals surface area contributed by atoms with Gasteiger partial charge in [-0.2, -0.15) is 0 Å². The molecular weight excluding hydrogens is 212 g/mol. The first-order valence-electron chi connectivity index (χ1n) is 6.34. The maximum Gasteiger partial charge on any atom is 0.122 e. The fourth-order valence-corrected chi connectivity index (χ4v) is 1.94. The Kier molecular flexibility index (Phi) is 5.65. The third kappa shape index (κ3) is 4.88. The molecule has 0 bridgehead atoms. The van der Waals surface area contributed by atoms with Crippen molar-refractivity contribution in [3.8, 4) is 0 Å². The number of hydrogen-bond acceptors (Lipinski definition) is 3. The van der Waals surface area contributed by atoms with Crippen molar-refractivity contribution in [3.63, 3.8) is 0 Å². The van der Waals surface area contributed by atoms with Gasteiger partial charge in [0, 0.05) is 32.0 Å². The van der Waals surface area contributed by atoms with Crippen LogP contribution in [0.2, 0.25) is 0 Å². The maximum absolute atomic E-state index is 4.31. The van der Waals surface area contributed by atoms with Gasteiger partial charge in [-0.25, -0.2) is 4.98 Å². The van der Waals surface area contributed by atoms with Crippen LogP contribution < -0.4 is 5.32 Å². The minimum absolute atomic E-state index is 0.593. The van der Waals surface area contributed by atoms with Gasteiger partial charge in [0.05, 0.1) is 6.54 Å². The molecule has 0 radical (unpaired) electrons. The summed E-state index contributed by atoms with van der Waals surface area (Å²) in [7, 11) is 6.33. The van der Waals surface area contributed by atoms with E-state index in [-0.39, 0.29) is 0 Å². The van der Waals surface area contributed by atoms with E-state index in [4.69, 9.17) is 0 Å². The number of aromatic nitrogens is 2. The maximum atomic E-state index is 4.31. The van der Waals surface area contributed by atoms with Crippen LogP contribution in [0.15, 0.2) is 12.4 Å². The van der Waals surface area contributed by atoms with Crippen molar-refractivity contribution >= 4 is 0 Å². The number of imidazole rings is 1. The minimum atomic E-state index is 0.593. The first-order valence-corrected chi connectivity index (χ1v) is 6.34. The lowest BCUT2D eigenvalue weighted by Gasteiger charge is -2.26. The van der Waals surface area contributed by atoms with Crippen LogP contribution in [0, 0.1) is 5.92 Å². The van der Waals surface area contributed by atoms with Gasteiger partial charge in [0.15, 0.2) is 0 Å². The van der Waals surface area contributed by atoms with Crippen molar-refractivity contribution in [2.75, 3.05) is 20.6 Å². The summed E-state index contributed by atoms with van der Waals surface area (Å²) < 4.78 is 2.06. The third-order valence-electron chi connectivity index (χ3n) is 3.06. The van der Waals surface area contributed by atoms with E-state index in [0.29, 0.717) is 6.04 Å². The van der Waals surface area contributed by atoms with E-state index < -0.39 is 0 Å². The molecule has 0 saturated heterocycles. The zero-order valence-electron chi connectivity index (χ0n) is 11.8. The Morgan fingerprint density at radius 3 is 2.59 bits per heavy atom. The second-order valence-corrected chi connectivity index (χ2v) is 5.33. The highest BCUT2D eigenvalue weighted by Gasteiger charge is 2.12. The molecule has 0 aliphatic heterocycles.